The Morgan fingerprint density at radius 3 is 2.69 bits per heavy atom. The lowest BCUT2D eigenvalue weighted by Gasteiger charge is -2.47. The number of ether oxygens (including phenoxy) is 5. The van der Waals surface area contributed by atoms with E-state index in [1.54, 1.807) is 25.3 Å². The van der Waals surface area contributed by atoms with E-state index in [0.29, 0.717) is 47.9 Å². The monoisotopic (exact) mass is 974 g/mol. The Hall–Kier alpha value is -6.18. The summed E-state index contributed by atoms with van der Waals surface area (Å²) in [5.41, 5.74) is 5.47. The number of aryl methyl sites for hydroxylation is 2. The van der Waals surface area contributed by atoms with Crippen molar-refractivity contribution < 1.29 is 58.8 Å². The molecule has 8 unspecified atom stereocenters. The number of amides is 1. The summed E-state index contributed by atoms with van der Waals surface area (Å²) in [5, 5.41) is 62.4. The molecule has 5 heterocycles. The first-order chi connectivity index (χ1) is 35.0. The molecule has 14 heteroatoms. The third-order valence-electron chi connectivity index (χ3n) is 17.4. The van der Waals surface area contributed by atoms with Crippen molar-refractivity contribution in [1.82, 2.24) is 9.88 Å². The number of phenolic OH excluding ortho intramolecular Hbond substituents is 1. The molecule has 6 N–H and O–H groups in total. The topological polar surface area (TPSA) is 200 Å². The van der Waals surface area contributed by atoms with Gasteiger partial charge < -0.3 is 59.1 Å². The summed E-state index contributed by atoms with van der Waals surface area (Å²) >= 11 is 0. The lowest BCUT2D eigenvalue weighted by atomic mass is 9.69. The van der Waals surface area contributed by atoms with E-state index in [4.69, 9.17) is 23.7 Å². The number of aromatic amines is 1. The number of nitrogens with zero attached hydrogens (tertiary/aromatic N) is 1. The largest absolute Gasteiger partial charge is 0.506 e. The molecule has 1 aromatic heterocycles. The van der Waals surface area contributed by atoms with Gasteiger partial charge in [0.2, 0.25) is 6.29 Å². The minimum atomic E-state index is -2.47. The summed E-state index contributed by atoms with van der Waals surface area (Å²) in [4.78, 5) is 34.5. The number of H-pyrrole nitrogens is 1. The van der Waals surface area contributed by atoms with Crippen LogP contribution < -0.4 is 9.47 Å². The Morgan fingerprint density at radius 2 is 1.86 bits per heavy atom. The minimum Gasteiger partial charge on any atom is -0.506 e. The van der Waals surface area contributed by atoms with Crippen molar-refractivity contribution in [3.05, 3.63) is 110 Å². The number of hydrogen-bond donors (Lipinski definition) is 6. The molecule has 3 fully saturated rings. The van der Waals surface area contributed by atoms with Crippen LogP contribution in [0.2, 0.25) is 0 Å². The fourth-order valence-corrected chi connectivity index (χ4v) is 13.7. The molecular weight excluding hydrogens is 917 g/mol. The molecule has 1 amide bonds. The van der Waals surface area contributed by atoms with Crippen LogP contribution in [-0.2, 0) is 40.0 Å². The third-order valence-corrected chi connectivity index (χ3v) is 17.4. The summed E-state index contributed by atoms with van der Waals surface area (Å²) in [5.74, 6) is 2.52. The Labute approximate surface area is 416 Å². The summed E-state index contributed by atoms with van der Waals surface area (Å²) in [7, 11) is 1.58. The number of aliphatic hydroxyl groups is 4. The van der Waals surface area contributed by atoms with E-state index in [-0.39, 0.29) is 66.3 Å². The van der Waals surface area contributed by atoms with Gasteiger partial charge in [-0.05, 0) is 121 Å². The molecule has 0 spiro atoms. The van der Waals surface area contributed by atoms with Gasteiger partial charge in [-0.25, -0.2) is 0 Å². The van der Waals surface area contributed by atoms with Gasteiger partial charge in [0.1, 0.15) is 41.7 Å². The van der Waals surface area contributed by atoms with Crippen molar-refractivity contribution in [3.8, 4) is 29.3 Å². The van der Waals surface area contributed by atoms with E-state index < -0.39 is 54.3 Å². The molecule has 2 saturated carbocycles. The number of aliphatic hydroxyl groups excluding tert-OH is 2. The first kappa shape index (κ1) is 45.7. The molecule has 72 heavy (non-hydrogen) atoms. The van der Waals surface area contributed by atoms with Crippen molar-refractivity contribution in [2.24, 2.45) is 5.92 Å². The number of nitrogens with one attached hydrogen (secondary N) is 1. The van der Waals surface area contributed by atoms with E-state index in [9.17, 15) is 30.3 Å². The van der Waals surface area contributed by atoms with Crippen LogP contribution >= 0.6 is 0 Å². The van der Waals surface area contributed by atoms with Gasteiger partial charge in [-0.3, -0.25) is 9.59 Å². The van der Waals surface area contributed by atoms with Crippen LogP contribution in [0.5, 0.6) is 17.2 Å². The number of ketones is 1. The van der Waals surface area contributed by atoms with Gasteiger partial charge >= 0.3 is 0 Å². The number of Topliss-reactive ketones (excluding diaryl/α,β-unsaturated/α-hetero) is 1. The molecule has 5 aromatic rings. The SMILES string of the molecule is COc1c2c3c4c(O)c(c5c6c4c1CCC6=CC1CCCC51)C(=O)CN1Cc4c(cccc4C1=O)CC#COC1C(O)C(COC(c4c[nH]c5ccc(CCC6(O)CCCC6)cc45)C=C2)OC(O3)C1(O)CO. The highest BCUT2D eigenvalue weighted by atomic mass is 16.7. The molecule has 4 aromatic carbocycles. The van der Waals surface area contributed by atoms with E-state index in [1.807, 2.05) is 24.4 Å². The summed E-state index contributed by atoms with van der Waals surface area (Å²) in [6.07, 6.45) is 12.5. The highest BCUT2D eigenvalue weighted by Crippen LogP contribution is 2.60. The molecule has 8 bridgehead atoms. The van der Waals surface area contributed by atoms with Crippen LogP contribution in [0.25, 0.3) is 33.3 Å². The zero-order valence-electron chi connectivity index (χ0n) is 40.2. The lowest BCUT2D eigenvalue weighted by molar-refractivity contribution is -0.328. The fraction of sp³-hybridized carbons (Fsp3) is 0.448. The Morgan fingerprint density at radius 1 is 1.00 bits per heavy atom. The number of aromatic hydroxyl groups is 1. The maximum atomic E-state index is 15.4. The van der Waals surface area contributed by atoms with Crippen LogP contribution in [0.1, 0.15) is 135 Å². The average molecular weight is 975 g/mol. The number of fused-ring (bicyclic) bond motifs is 8. The van der Waals surface area contributed by atoms with Crippen molar-refractivity contribution in [2.45, 2.75) is 131 Å². The molecule has 14 nitrogen and oxygen atoms in total. The Balaban J connectivity index is 1.05. The zero-order chi connectivity index (χ0) is 49.2. The van der Waals surface area contributed by atoms with Crippen LogP contribution in [-0.4, -0.2) is 110 Å². The van der Waals surface area contributed by atoms with Gasteiger partial charge in [-0.2, -0.15) is 0 Å². The molecule has 4 aliphatic heterocycles. The van der Waals surface area contributed by atoms with Crippen molar-refractivity contribution in [1.29, 1.82) is 0 Å². The quantitative estimate of drug-likeness (QED) is 0.0936. The van der Waals surface area contributed by atoms with Gasteiger partial charge in [0.25, 0.3) is 5.91 Å². The number of benzene rings is 4. The predicted molar refractivity (Wildman–Crippen MR) is 266 cm³/mol. The molecule has 1 saturated heterocycles. The standard InChI is InChI=1S/C58H58N2O12/c1-68-52-36-14-13-33-24-32-8-5-10-34(32)46-45(33)47(36)49-51(64)48(46)42(62)27-60-26-40-31(7-4-11-35(40)55(60)65)9-6-22-69-54-50(63)44-28-70-43(17-15-37(52)53(49)72-56(71-44)58(54,67)29-61)39-25-59-41-16-12-30(23-38(39)41)18-21-57(66)19-2-3-20-57/h4,7,11-12,15-17,23-25,32,34,43-44,50,54,56,59,61,63-64,66-67H,2-3,5,8-10,13-14,18-21,26-29H2,1H3. The highest BCUT2D eigenvalue weighted by Gasteiger charge is 2.59. The first-order valence-electron chi connectivity index (χ1n) is 25.7. The number of carbonyl (C=O) groups excluding carboxylic acids is 2. The first-order valence-corrected chi connectivity index (χ1v) is 25.7. The number of aromatic nitrogens is 1. The number of rotatable bonds is 6. The van der Waals surface area contributed by atoms with Crippen LogP contribution in [0, 0.1) is 17.9 Å². The number of hydrogen-bond acceptors (Lipinski definition) is 12. The second-order valence-electron chi connectivity index (χ2n) is 21.4. The molecule has 372 valence electrons. The predicted octanol–water partition coefficient (Wildman–Crippen LogP) is 7.21. The van der Waals surface area contributed by atoms with Crippen molar-refractivity contribution in [2.75, 3.05) is 26.9 Å². The van der Waals surface area contributed by atoms with Crippen LogP contribution in [0.15, 0.2) is 54.7 Å². The maximum Gasteiger partial charge on any atom is 0.254 e. The Bertz CT molecular complexity index is 3240. The molecule has 8 atom stereocenters. The van der Waals surface area contributed by atoms with E-state index in [0.717, 1.165) is 100 Å². The Kier molecular flexibility index (Phi) is 10.9. The smallest absolute Gasteiger partial charge is 0.254 e. The van der Waals surface area contributed by atoms with Gasteiger partial charge in [0.15, 0.2) is 17.5 Å². The molecule has 0 radical (unpaired) electrons. The van der Waals surface area contributed by atoms with E-state index >= 15 is 4.79 Å². The van der Waals surface area contributed by atoms with Crippen LogP contribution in [0.4, 0.5) is 0 Å². The van der Waals surface area contributed by atoms with Crippen LogP contribution in [0.3, 0.4) is 0 Å². The van der Waals surface area contributed by atoms with E-state index in [1.165, 1.54) is 4.90 Å². The second kappa shape index (κ2) is 17.2. The maximum absolute atomic E-state index is 15.4. The number of carbonyl (C=O) groups is 2. The van der Waals surface area contributed by atoms with E-state index in [2.05, 4.69) is 35.2 Å². The number of allylic oxidation sites excluding steroid dienone is 2. The number of methoxy groups -OCH3 is 1. The molecule has 4 aliphatic carbocycles. The summed E-state index contributed by atoms with van der Waals surface area (Å²) in [6, 6.07) is 11.6. The third kappa shape index (κ3) is 6.99. The highest BCUT2D eigenvalue weighted by molar-refractivity contribution is 6.17. The van der Waals surface area contributed by atoms with Crippen molar-refractivity contribution >= 4 is 45.0 Å². The molecular formula is C58H58N2O12. The van der Waals surface area contributed by atoms with Gasteiger partial charge in [-0.1, -0.05) is 55.5 Å². The zero-order valence-corrected chi connectivity index (χ0v) is 40.2. The average Bonchev–Trinajstić information content (AvgIpc) is 4.20. The number of phenols is 1. The van der Waals surface area contributed by atoms with Gasteiger partial charge in [0, 0.05) is 52.1 Å². The minimum absolute atomic E-state index is 0.00460. The van der Waals surface area contributed by atoms with Gasteiger partial charge in [-0.15, -0.1) is 0 Å². The lowest BCUT2D eigenvalue weighted by Crippen LogP contribution is -2.70. The fourth-order valence-electron chi connectivity index (χ4n) is 13.7. The van der Waals surface area contributed by atoms with Gasteiger partial charge in [0.05, 0.1) is 49.0 Å². The van der Waals surface area contributed by atoms with Crippen molar-refractivity contribution in [3.63, 3.8) is 0 Å². The second-order valence-corrected chi connectivity index (χ2v) is 21.4. The molecule has 13 rings (SSSR count). The normalized spacial score (nSPS) is 28.9. The molecule has 8 aliphatic rings. The summed E-state index contributed by atoms with van der Waals surface area (Å²) in [6.45, 7) is -1.38. The summed E-state index contributed by atoms with van der Waals surface area (Å²) < 4.78 is 32.9.